The first-order valence-electron chi connectivity index (χ1n) is 8.39. The first-order chi connectivity index (χ1) is 9.69. The summed E-state index contributed by atoms with van der Waals surface area (Å²) in [6.07, 6.45) is 5.47. The summed E-state index contributed by atoms with van der Waals surface area (Å²) in [5.41, 5.74) is 6.56. The van der Waals surface area contributed by atoms with E-state index >= 15 is 0 Å². The van der Waals surface area contributed by atoms with Gasteiger partial charge in [-0.1, -0.05) is 13.8 Å². The molecule has 2 unspecified atom stereocenters. The zero-order valence-electron chi connectivity index (χ0n) is 13.3. The SMILES string of the molecule is CCN(CC)CCC(N)C1CCOC2(CCOCC2)C1. The minimum absolute atomic E-state index is 0.0774. The van der Waals surface area contributed by atoms with Crippen LogP contribution in [0.5, 0.6) is 0 Å². The second-order valence-corrected chi connectivity index (χ2v) is 6.38. The van der Waals surface area contributed by atoms with Gasteiger partial charge in [-0.15, -0.1) is 0 Å². The van der Waals surface area contributed by atoms with E-state index in [0.717, 1.165) is 71.6 Å². The van der Waals surface area contributed by atoms with E-state index in [1.54, 1.807) is 0 Å². The maximum absolute atomic E-state index is 6.48. The van der Waals surface area contributed by atoms with E-state index in [0.29, 0.717) is 12.0 Å². The average Bonchev–Trinajstić information content (AvgIpc) is 2.49. The Morgan fingerprint density at radius 3 is 2.55 bits per heavy atom. The van der Waals surface area contributed by atoms with Gasteiger partial charge in [-0.3, -0.25) is 0 Å². The molecule has 2 heterocycles. The molecule has 0 amide bonds. The van der Waals surface area contributed by atoms with Crippen molar-refractivity contribution in [1.82, 2.24) is 4.90 Å². The summed E-state index contributed by atoms with van der Waals surface area (Å²) < 4.78 is 11.6. The average molecular weight is 284 g/mol. The molecule has 0 aromatic heterocycles. The van der Waals surface area contributed by atoms with Gasteiger partial charge in [0.1, 0.15) is 0 Å². The molecule has 20 heavy (non-hydrogen) atoms. The lowest BCUT2D eigenvalue weighted by Gasteiger charge is -2.45. The Morgan fingerprint density at radius 1 is 1.20 bits per heavy atom. The highest BCUT2D eigenvalue weighted by atomic mass is 16.5. The number of hydrogen-bond donors (Lipinski definition) is 1. The Balaban J connectivity index is 1.81. The number of nitrogens with two attached hydrogens (primary N) is 1. The van der Waals surface area contributed by atoms with Gasteiger partial charge in [0.2, 0.25) is 0 Å². The maximum Gasteiger partial charge on any atom is 0.0729 e. The molecule has 0 aliphatic carbocycles. The predicted octanol–water partition coefficient (Wildman–Crippen LogP) is 2.02. The molecule has 118 valence electrons. The van der Waals surface area contributed by atoms with Crippen LogP contribution in [-0.2, 0) is 9.47 Å². The summed E-state index contributed by atoms with van der Waals surface area (Å²) in [5, 5.41) is 0. The lowest BCUT2D eigenvalue weighted by molar-refractivity contribution is -0.149. The zero-order chi connectivity index (χ0) is 14.4. The van der Waals surface area contributed by atoms with Crippen LogP contribution in [0.4, 0.5) is 0 Å². The standard InChI is InChI=1S/C16H32N2O2/c1-3-18(4-2)9-5-15(17)14-6-10-20-16(13-14)7-11-19-12-8-16/h14-15H,3-13,17H2,1-2H3. The van der Waals surface area contributed by atoms with Gasteiger partial charge in [-0.25, -0.2) is 0 Å². The number of rotatable bonds is 6. The van der Waals surface area contributed by atoms with Crippen LogP contribution in [0.15, 0.2) is 0 Å². The van der Waals surface area contributed by atoms with Gasteiger partial charge in [-0.05, 0) is 57.7 Å². The molecule has 2 saturated heterocycles. The van der Waals surface area contributed by atoms with E-state index < -0.39 is 0 Å². The van der Waals surface area contributed by atoms with E-state index in [1.807, 2.05) is 0 Å². The lowest BCUT2D eigenvalue weighted by Crippen LogP contribution is -2.48. The molecule has 2 fully saturated rings. The molecular formula is C16H32N2O2. The van der Waals surface area contributed by atoms with Crippen molar-refractivity contribution in [2.45, 2.75) is 57.6 Å². The van der Waals surface area contributed by atoms with Crippen molar-refractivity contribution < 1.29 is 9.47 Å². The molecule has 0 aromatic carbocycles. The molecule has 0 saturated carbocycles. The normalized spacial score (nSPS) is 27.9. The van der Waals surface area contributed by atoms with Crippen LogP contribution in [-0.4, -0.2) is 56.0 Å². The highest BCUT2D eigenvalue weighted by molar-refractivity contribution is 4.92. The number of nitrogens with zero attached hydrogens (tertiary/aromatic N) is 1. The minimum atomic E-state index is 0.0774. The Labute approximate surface area is 124 Å². The molecule has 0 bridgehead atoms. The summed E-state index contributed by atoms with van der Waals surface area (Å²) in [5.74, 6) is 0.623. The maximum atomic E-state index is 6.48. The van der Waals surface area contributed by atoms with Crippen molar-refractivity contribution in [2.75, 3.05) is 39.5 Å². The lowest BCUT2D eigenvalue weighted by atomic mass is 9.77. The molecule has 1 spiro atoms. The third kappa shape index (κ3) is 4.17. The zero-order valence-corrected chi connectivity index (χ0v) is 13.3. The number of ether oxygens (including phenoxy) is 2. The van der Waals surface area contributed by atoms with Crippen molar-refractivity contribution in [2.24, 2.45) is 11.7 Å². The molecule has 2 N–H and O–H groups in total. The molecule has 4 nitrogen and oxygen atoms in total. The van der Waals surface area contributed by atoms with Crippen LogP contribution >= 0.6 is 0 Å². The highest BCUT2D eigenvalue weighted by Gasteiger charge is 2.40. The van der Waals surface area contributed by atoms with Gasteiger partial charge in [0.05, 0.1) is 5.60 Å². The minimum Gasteiger partial charge on any atom is -0.381 e. The molecule has 0 radical (unpaired) electrons. The van der Waals surface area contributed by atoms with Gasteiger partial charge in [0, 0.05) is 25.9 Å². The van der Waals surface area contributed by atoms with Crippen molar-refractivity contribution in [3.05, 3.63) is 0 Å². The van der Waals surface area contributed by atoms with Crippen molar-refractivity contribution in [1.29, 1.82) is 0 Å². The first-order valence-corrected chi connectivity index (χ1v) is 8.39. The van der Waals surface area contributed by atoms with Crippen LogP contribution in [0.25, 0.3) is 0 Å². The third-order valence-electron chi connectivity index (χ3n) is 5.21. The van der Waals surface area contributed by atoms with E-state index in [-0.39, 0.29) is 5.60 Å². The third-order valence-corrected chi connectivity index (χ3v) is 5.21. The molecule has 0 aromatic rings. The molecule has 2 aliphatic heterocycles. The van der Waals surface area contributed by atoms with Gasteiger partial charge >= 0.3 is 0 Å². The fraction of sp³-hybridized carbons (Fsp3) is 1.00. The van der Waals surface area contributed by atoms with Crippen LogP contribution in [0.1, 0.15) is 46.0 Å². The van der Waals surface area contributed by atoms with Crippen LogP contribution < -0.4 is 5.73 Å². The van der Waals surface area contributed by atoms with Crippen LogP contribution in [0.2, 0.25) is 0 Å². The van der Waals surface area contributed by atoms with Crippen molar-refractivity contribution >= 4 is 0 Å². The monoisotopic (exact) mass is 284 g/mol. The fourth-order valence-corrected chi connectivity index (χ4v) is 3.63. The van der Waals surface area contributed by atoms with Gasteiger partial charge in [0.25, 0.3) is 0 Å². The van der Waals surface area contributed by atoms with Gasteiger partial charge < -0.3 is 20.1 Å². The quantitative estimate of drug-likeness (QED) is 0.810. The molecule has 2 atom stereocenters. The fourth-order valence-electron chi connectivity index (χ4n) is 3.63. The Hall–Kier alpha value is -0.160. The van der Waals surface area contributed by atoms with Crippen molar-refractivity contribution in [3.8, 4) is 0 Å². The predicted molar refractivity (Wildman–Crippen MR) is 81.8 cm³/mol. The van der Waals surface area contributed by atoms with E-state index in [4.69, 9.17) is 15.2 Å². The Morgan fingerprint density at radius 2 is 1.90 bits per heavy atom. The Kier molecular flexibility index (Phi) is 6.27. The summed E-state index contributed by atoms with van der Waals surface area (Å²) in [6.45, 7) is 10.4. The Bertz CT molecular complexity index is 270. The van der Waals surface area contributed by atoms with Crippen molar-refractivity contribution in [3.63, 3.8) is 0 Å². The summed E-state index contributed by atoms with van der Waals surface area (Å²) in [6, 6.07) is 0.319. The van der Waals surface area contributed by atoms with Crippen LogP contribution in [0, 0.1) is 5.92 Å². The highest BCUT2D eigenvalue weighted by Crippen LogP contribution is 2.38. The smallest absolute Gasteiger partial charge is 0.0729 e. The summed E-state index contributed by atoms with van der Waals surface area (Å²) in [4.78, 5) is 2.46. The van der Waals surface area contributed by atoms with E-state index in [2.05, 4.69) is 18.7 Å². The van der Waals surface area contributed by atoms with Gasteiger partial charge in [-0.2, -0.15) is 0 Å². The number of hydrogen-bond acceptors (Lipinski definition) is 4. The van der Waals surface area contributed by atoms with Gasteiger partial charge in [0.15, 0.2) is 0 Å². The topological polar surface area (TPSA) is 47.7 Å². The van der Waals surface area contributed by atoms with E-state index in [1.165, 1.54) is 0 Å². The molecular weight excluding hydrogens is 252 g/mol. The van der Waals surface area contributed by atoms with E-state index in [9.17, 15) is 0 Å². The second kappa shape index (κ2) is 7.74. The largest absolute Gasteiger partial charge is 0.381 e. The first kappa shape index (κ1) is 16.2. The molecule has 4 heteroatoms. The summed E-state index contributed by atoms with van der Waals surface area (Å²) >= 11 is 0. The van der Waals surface area contributed by atoms with Crippen LogP contribution in [0.3, 0.4) is 0 Å². The second-order valence-electron chi connectivity index (χ2n) is 6.38. The summed E-state index contributed by atoms with van der Waals surface area (Å²) in [7, 11) is 0. The molecule has 2 rings (SSSR count). The molecule has 2 aliphatic rings.